The topological polar surface area (TPSA) is 93.4 Å². The lowest BCUT2D eigenvalue weighted by Crippen LogP contribution is -2.20. The molecule has 1 fully saturated rings. The summed E-state index contributed by atoms with van der Waals surface area (Å²) < 4.78 is 30.4. The Balaban J connectivity index is 1.54. The Labute approximate surface area is 172 Å². The molecule has 9 heteroatoms. The van der Waals surface area contributed by atoms with Gasteiger partial charge in [-0.2, -0.15) is 13.5 Å². The standard InChI is InChI=1S/C20H16N4O3S2/c1-14-3-9-17(10-4-14)29(26,27)23-20-22-19(25)18(28-20)13-15-5-7-16(8-6-15)24-12-2-11-21-24/h2-13H,1H3,(H,22,23,25)/b18-13-. The molecule has 1 aromatic heterocycles. The number of hydrogen-bond acceptors (Lipinski definition) is 5. The van der Waals surface area contributed by atoms with Crippen molar-refractivity contribution >= 4 is 38.9 Å². The highest BCUT2D eigenvalue weighted by Crippen LogP contribution is 2.27. The molecular formula is C20H16N4O3S2. The van der Waals surface area contributed by atoms with Gasteiger partial charge in [0.15, 0.2) is 5.17 Å². The number of carbonyl (C=O) groups is 1. The van der Waals surface area contributed by atoms with Crippen molar-refractivity contribution in [1.82, 2.24) is 15.1 Å². The summed E-state index contributed by atoms with van der Waals surface area (Å²) in [5.74, 6) is -0.385. The highest BCUT2D eigenvalue weighted by Gasteiger charge is 2.26. The van der Waals surface area contributed by atoms with Crippen LogP contribution in [0.1, 0.15) is 11.1 Å². The molecule has 2 heterocycles. The summed E-state index contributed by atoms with van der Waals surface area (Å²) in [6.07, 6.45) is 5.22. The van der Waals surface area contributed by atoms with E-state index in [1.807, 2.05) is 43.5 Å². The summed E-state index contributed by atoms with van der Waals surface area (Å²) in [6.45, 7) is 1.87. The number of aryl methyl sites for hydroxylation is 1. The van der Waals surface area contributed by atoms with Crippen LogP contribution in [0.5, 0.6) is 0 Å². The van der Waals surface area contributed by atoms with Gasteiger partial charge in [0, 0.05) is 12.4 Å². The van der Waals surface area contributed by atoms with E-state index in [2.05, 4.69) is 14.8 Å². The molecule has 0 bridgehead atoms. The van der Waals surface area contributed by atoms with Crippen molar-refractivity contribution in [3.8, 4) is 5.69 Å². The van der Waals surface area contributed by atoms with Crippen LogP contribution in [-0.2, 0) is 14.8 Å². The zero-order valence-electron chi connectivity index (χ0n) is 15.3. The smallest absolute Gasteiger partial charge is 0.284 e. The van der Waals surface area contributed by atoms with Gasteiger partial charge in [-0.05, 0) is 60.7 Å². The molecule has 0 atom stereocenters. The predicted octanol–water partition coefficient (Wildman–Crippen LogP) is 3.13. The Hall–Kier alpha value is -3.17. The van der Waals surface area contributed by atoms with Gasteiger partial charge in [-0.15, -0.1) is 4.40 Å². The fourth-order valence-corrected chi connectivity index (χ4v) is 4.62. The minimum atomic E-state index is -3.90. The molecule has 0 aliphatic carbocycles. The van der Waals surface area contributed by atoms with Crippen LogP contribution in [0.4, 0.5) is 0 Å². The zero-order chi connectivity index (χ0) is 20.4. The molecule has 4 rings (SSSR count). The molecule has 0 saturated carbocycles. The normalized spacial score (nSPS) is 17.1. The number of nitrogens with zero attached hydrogens (tertiary/aromatic N) is 3. The third kappa shape index (κ3) is 4.30. The van der Waals surface area contributed by atoms with E-state index in [1.54, 1.807) is 29.1 Å². The van der Waals surface area contributed by atoms with Crippen LogP contribution in [0, 0.1) is 6.92 Å². The van der Waals surface area contributed by atoms with E-state index in [1.165, 1.54) is 12.1 Å². The van der Waals surface area contributed by atoms with Crippen molar-refractivity contribution < 1.29 is 13.2 Å². The zero-order valence-corrected chi connectivity index (χ0v) is 16.9. The summed E-state index contributed by atoms with van der Waals surface area (Å²) >= 11 is 0.994. The molecule has 0 radical (unpaired) electrons. The maximum atomic E-state index is 12.4. The molecule has 1 saturated heterocycles. The van der Waals surface area contributed by atoms with Gasteiger partial charge in [0.05, 0.1) is 15.5 Å². The second-order valence-electron chi connectivity index (χ2n) is 6.29. The van der Waals surface area contributed by atoms with E-state index in [9.17, 15) is 13.2 Å². The van der Waals surface area contributed by atoms with E-state index in [0.717, 1.165) is 28.6 Å². The van der Waals surface area contributed by atoms with Crippen molar-refractivity contribution in [1.29, 1.82) is 0 Å². The maximum absolute atomic E-state index is 12.4. The average Bonchev–Trinajstić information content (AvgIpc) is 3.33. The predicted molar refractivity (Wildman–Crippen MR) is 113 cm³/mol. The molecular weight excluding hydrogens is 408 g/mol. The minimum absolute atomic E-state index is 0.0370. The maximum Gasteiger partial charge on any atom is 0.284 e. The Morgan fingerprint density at radius 3 is 2.48 bits per heavy atom. The number of aromatic nitrogens is 2. The van der Waals surface area contributed by atoms with Gasteiger partial charge < -0.3 is 0 Å². The van der Waals surface area contributed by atoms with Gasteiger partial charge in [0.25, 0.3) is 15.9 Å². The van der Waals surface area contributed by atoms with Gasteiger partial charge in [0.2, 0.25) is 0 Å². The molecule has 1 amide bonds. The molecule has 146 valence electrons. The Bertz CT molecular complexity index is 1210. The summed E-state index contributed by atoms with van der Waals surface area (Å²) in [4.78, 5) is 12.7. The molecule has 1 aliphatic heterocycles. The van der Waals surface area contributed by atoms with Crippen LogP contribution in [0.2, 0.25) is 0 Å². The monoisotopic (exact) mass is 424 g/mol. The number of sulfonamides is 1. The van der Waals surface area contributed by atoms with E-state index in [4.69, 9.17) is 0 Å². The van der Waals surface area contributed by atoms with Crippen molar-refractivity contribution in [2.75, 3.05) is 0 Å². The molecule has 7 nitrogen and oxygen atoms in total. The van der Waals surface area contributed by atoms with Crippen LogP contribution < -0.4 is 5.32 Å². The highest BCUT2D eigenvalue weighted by molar-refractivity contribution is 8.19. The lowest BCUT2D eigenvalue weighted by molar-refractivity contribution is -0.115. The summed E-state index contributed by atoms with van der Waals surface area (Å²) in [5, 5.41) is 6.71. The minimum Gasteiger partial charge on any atom is -0.300 e. The van der Waals surface area contributed by atoms with Crippen molar-refractivity contribution in [3.05, 3.63) is 83.0 Å². The third-order valence-corrected chi connectivity index (χ3v) is 6.45. The largest absolute Gasteiger partial charge is 0.300 e. The quantitative estimate of drug-likeness (QED) is 0.650. The van der Waals surface area contributed by atoms with Gasteiger partial charge in [-0.25, -0.2) is 4.68 Å². The third-order valence-electron chi connectivity index (χ3n) is 4.13. The van der Waals surface area contributed by atoms with Crippen LogP contribution in [0.15, 0.2) is 81.2 Å². The van der Waals surface area contributed by atoms with Gasteiger partial charge in [-0.1, -0.05) is 29.8 Å². The Kier molecular flexibility index (Phi) is 5.08. The number of carbonyl (C=O) groups excluding carboxylic acids is 1. The fourth-order valence-electron chi connectivity index (χ4n) is 2.64. The molecule has 1 aliphatic rings. The highest BCUT2D eigenvalue weighted by atomic mass is 32.2. The second kappa shape index (κ2) is 7.69. The fraction of sp³-hybridized carbons (Fsp3) is 0.0500. The SMILES string of the molecule is Cc1ccc(S(=O)(=O)N=C2NC(=O)/C(=C/c3ccc(-n4cccn4)cc3)S2)cc1. The Morgan fingerprint density at radius 1 is 1.10 bits per heavy atom. The first kappa shape index (κ1) is 19.2. The molecule has 2 aromatic carbocycles. The first-order valence-electron chi connectivity index (χ1n) is 8.63. The van der Waals surface area contributed by atoms with E-state index < -0.39 is 10.0 Å². The molecule has 0 unspecified atom stereocenters. The van der Waals surface area contributed by atoms with E-state index in [-0.39, 0.29) is 16.0 Å². The second-order valence-corrected chi connectivity index (χ2v) is 8.93. The lowest BCUT2D eigenvalue weighted by Gasteiger charge is -2.01. The summed E-state index contributed by atoms with van der Waals surface area (Å²) in [5.41, 5.74) is 2.65. The van der Waals surface area contributed by atoms with Crippen LogP contribution in [0.25, 0.3) is 11.8 Å². The van der Waals surface area contributed by atoms with Gasteiger partial charge >= 0.3 is 0 Å². The number of thioether (sulfide) groups is 1. The first-order chi connectivity index (χ1) is 13.9. The summed E-state index contributed by atoms with van der Waals surface area (Å²) in [6, 6.07) is 15.7. The van der Waals surface area contributed by atoms with E-state index in [0.29, 0.717) is 4.91 Å². The number of nitrogens with one attached hydrogen (secondary N) is 1. The van der Waals surface area contributed by atoms with Gasteiger partial charge in [0.1, 0.15) is 0 Å². The van der Waals surface area contributed by atoms with E-state index >= 15 is 0 Å². The first-order valence-corrected chi connectivity index (χ1v) is 10.9. The molecule has 3 aromatic rings. The van der Waals surface area contributed by atoms with Crippen molar-refractivity contribution in [2.24, 2.45) is 4.40 Å². The molecule has 29 heavy (non-hydrogen) atoms. The van der Waals surface area contributed by atoms with Crippen molar-refractivity contribution in [2.45, 2.75) is 11.8 Å². The number of amides is 1. The average molecular weight is 425 g/mol. The van der Waals surface area contributed by atoms with Crippen LogP contribution >= 0.6 is 11.8 Å². The van der Waals surface area contributed by atoms with Crippen LogP contribution in [-0.4, -0.2) is 29.3 Å². The lowest BCUT2D eigenvalue weighted by atomic mass is 10.2. The van der Waals surface area contributed by atoms with Crippen LogP contribution in [0.3, 0.4) is 0 Å². The van der Waals surface area contributed by atoms with Crippen molar-refractivity contribution in [3.63, 3.8) is 0 Å². The molecule has 0 spiro atoms. The number of hydrogen-bond donors (Lipinski definition) is 1. The Morgan fingerprint density at radius 2 is 1.83 bits per heavy atom. The number of rotatable bonds is 4. The number of benzene rings is 2. The van der Waals surface area contributed by atoms with Gasteiger partial charge in [-0.3, -0.25) is 10.1 Å². The molecule has 1 N–H and O–H groups in total. The summed E-state index contributed by atoms with van der Waals surface area (Å²) in [7, 11) is -3.90. The number of amidine groups is 1.